The van der Waals surface area contributed by atoms with E-state index < -0.39 is 0 Å². The first kappa shape index (κ1) is 13.2. The minimum Gasteiger partial charge on any atom is -0.316 e. The van der Waals surface area contributed by atoms with Crippen molar-refractivity contribution < 1.29 is 4.39 Å². The van der Waals surface area contributed by atoms with Crippen molar-refractivity contribution in [3.63, 3.8) is 0 Å². The molecule has 1 aliphatic rings. The van der Waals surface area contributed by atoms with Crippen LogP contribution < -0.4 is 5.32 Å². The van der Waals surface area contributed by atoms with Crippen LogP contribution in [0.4, 0.5) is 4.39 Å². The molecule has 94 valence electrons. The lowest BCUT2D eigenvalue weighted by Gasteiger charge is -2.23. The van der Waals surface area contributed by atoms with Crippen molar-refractivity contribution in [3.8, 4) is 0 Å². The van der Waals surface area contributed by atoms with Gasteiger partial charge < -0.3 is 5.32 Å². The molecule has 0 aromatic heterocycles. The first-order chi connectivity index (χ1) is 8.22. The molecule has 1 aromatic rings. The molecule has 1 heterocycles. The molecule has 1 aromatic carbocycles. The predicted octanol–water partition coefficient (Wildman–Crippen LogP) is 3.36. The summed E-state index contributed by atoms with van der Waals surface area (Å²) in [6.45, 7) is 0. The molecule has 0 spiro atoms. The van der Waals surface area contributed by atoms with Crippen LogP contribution in [0.2, 0.25) is 5.02 Å². The smallest absolute Gasteiger partial charge is 0.142 e. The van der Waals surface area contributed by atoms with Gasteiger partial charge in [0.15, 0.2) is 0 Å². The van der Waals surface area contributed by atoms with E-state index in [0.29, 0.717) is 12.0 Å². The SMILES string of the molecule is CNC(Cc1cccc(F)c1Cl)C1CCSC1. The largest absolute Gasteiger partial charge is 0.316 e. The fourth-order valence-electron chi connectivity index (χ4n) is 2.32. The number of thioether (sulfide) groups is 1. The number of hydrogen-bond donors (Lipinski definition) is 1. The molecule has 2 unspecified atom stereocenters. The Morgan fingerprint density at radius 3 is 3.06 bits per heavy atom. The molecule has 1 fully saturated rings. The Bertz CT molecular complexity index is 380. The van der Waals surface area contributed by atoms with Gasteiger partial charge in [-0.1, -0.05) is 23.7 Å². The monoisotopic (exact) mass is 273 g/mol. The van der Waals surface area contributed by atoms with E-state index in [2.05, 4.69) is 5.32 Å². The summed E-state index contributed by atoms with van der Waals surface area (Å²) in [5.41, 5.74) is 0.905. The Labute approximate surface area is 111 Å². The highest BCUT2D eigenvalue weighted by atomic mass is 35.5. The summed E-state index contributed by atoms with van der Waals surface area (Å²) in [5.74, 6) is 2.78. The van der Waals surface area contributed by atoms with Crippen LogP contribution in [0.5, 0.6) is 0 Å². The van der Waals surface area contributed by atoms with Gasteiger partial charge in [0.05, 0.1) is 5.02 Å². The lowest BCUT2D eigenvalue weighted by Crippen LogP contribution is -2.35. The highest BCUT2D eigenvalue weighted by Gasteiger charge is 2.25. The maximum Gasteiger partial charge on any atom is 0.142 e. The number of likely N-dealkylation sites (N-methyl/N-ethyl adjacent to an activating group) is 1. The maximum atomic E-state index is 13.4. The van der Waals surface area contributed by atoms with E-state index in [1.165, 1.54) is 24.0 Å². The summed E-state index contributed by atoms with van der Waals surface area (Å²) in [6.07, 6.45) is 2.04. The van der Waals surface area contributed by atoms with Gasteiger partial charge in [0, 0.05) is 6.04 Å². The third-order valence-corrected chi connectivity index (χ3v) is 4.99. The van der Waals surface area contributed by atoms with Gasteiger partial charge in [0.2, 0.25) is 0 Å². The number of rotatable bonds is 4. The fourth-order valence-corrected chi connectivity index (χ4v) is 3.86. The van der Waals surface area contributed by atoms with E-state index in [1.807, 2.05) is 24.9 Å². The number of nitrogens with one attached hydrogen (secondary N) is 1. The van der Waals surface area contributed by atoms with Crippen molar-refractivity contribution in [3.05, 3.63) is 34.6 Å². The van der Waals surface area contributed by atoms with E-state index in [9.17, 15) is 4.39 Å². The minimum absolute atomic E-state index is 0.276. The highest BCUT2D eigenvalue weighted by molar-refractivity contribution is 7.99. The lowest BCUT2D eigenvalue weighted by atomic mass is 9.93. The molecule has 17 heavy (non-hydrogen) atoms. The molecule has 2 atom stereocenters. The highest BCUT2D eigenvalue weighted by Crippen LogP contribution is 2.29. The summed E-state index contributed by atoms with van der Waals surface area (Å²) in [6, 6.07) is 5.44. The predicted molar refractivity (Wildman–Crippen MR) is 73.4 cm³/mol. The quantitative estimate of drug-likeness (QED) is 0.903. The van der Waals surface area contributed by atoms with Gasteiger partial charge in [-0.3, -0.25) is 0 Å². The fraction of sp³-hybridized carbons (Fsp3) is 0.538. The topological polar surface area (TPSA) is 12.0 Å². The summed E-state index contributed by atoms with van der Waals surface area (Å²) in [7, 11) is 1.97. The van der Waals surface area contributed by atoms with Crippen LogP contribution in [0.15, 0.2) is 18.2 Å². The van der Waals surface area contributed by atoms with Crippen molar-refractivity contribution in [1.29, 1.82) is 0 Å². The van der Waals surface area contributed by atoms with Crippen molar-refractivity contribution in [2.24, 2.45) is 5.92 Å². The number of benzene rings is 1. The standard InChI is InChI=1S/C13H17ClFNS/c1-16-12(10-5-6-17-8-10)7-9-3-2-4-11(15)13(9)14/h2-4,10,12,16H,5-8H2,1H3. The molecule has 2 rings (SSSR count). The van der Waals surface area contributed by atoms with Crippen LogP contribution >= 0.6 is 23.4 Å². The normalized spacial score (nSPS) is 21.7. The lowest BCUT2D eigenvalue weighted by molar-refractivity contribution is 0.403. The molecule has 1 nitrogen and oxygen atoms in total. The Morgan fingerprint density at radius 1 is 1.59 bits per heavy atom. The van der Waals surface area contributed by atoms with Crippen LogP contribution in [0.25, 0.3) is 0 Å². The van der Waals surface area contributed by atoms with Gasteiger partial charge in [-0.2, -0.15) is 11.8 Å². The van der Waals surface area contributed by atoms with Crippen molar-refractivity contribution in [2.75, 3.05) is 18.6 Å². The number of hydrogen-bond acceptors (Lipinski definition) is 2. The van der Waals surface area contributed by atoms with Crippen molar-refractivity contribution in [2.45, 2.75) is 18.9 Å². The van der Waals surface area contributed by atoms with Crippen molar-refractivity contribution in [1.82, 2.24) is 5.32 Å². The van der Waals surface area contributed by atoms with Crippen LogP contribution in [0.1, 0.15) is 12.0 Å². The van der Waals surface area contributed by atoms with Gasteiger partial charge in [-0.15, -0.1) is 0 Å². The van der Waals surface area contributed by atoms with E-state index in [1.54, 1.807) is 6.07 Å². The zero-order valence-electron chi connectivity index (χ0n) is 9.88. The molecule has 0 bridgehead atoms. The van der Waals surface area contributed by atoms with Gasteiger partial charge in [-0.05, 0) is 48.9 Å². The molecular formula is C13H17ClFNS. The molecule has 1 aliphatic heterocycles. The zero-order chi connectivity index (χ0) is 12.3. The second-order valence-electron chi connectivity index (χ2n) is 4.44. The second kappa shape index (κ2) is 6.07. The molecular weight excluding hydrogens is 257 g/mol. The van der Waals surface area contributed by atoms with E-state index >= 15 is 0 Å². The van der Waals surface area contributed by atoms with E-state index in [0.717, 1.165) is 12.0 Å². The van der Waals surface area contributed by atoms with Gasteiger partial charge in [-0.25, -0.2) is 4.39 Å². The molecule has 1 N–H and O–H groups in total. The molecule has 4 heteroatoms. The summed E-state index contributed by atoms with van der Waals surface area (Å²) < 4.78 is 13.4. The van der Waals surface area contributed by atoms with Crippen LogP contribution in [-0.2, 0) is 6.42 Å². The molecule has 0 aliphatic carbocycles. The first-order valence-electron chi connectivity index (χ1n) is 5.90. The van der Waals surface area contributed by atoms with Crippen LogP contribution in [-0.4, -0.2) is 24.6 Å². The average Bonchev–Trinajstić information content (AvgIpc) is 2.85. The van der Waals surface area contributed by atoms with Crippen LogP contribution in [0, 0.1) is 11.7 Å². The van der Waals surface area contributed by atoms with Gasteiger partial charge in [0.25, 0.3) is 0 Å². The van der Waals surface area contributed by atoms with Crippen molar-refractivity contribution >= 4 is 23.4 Å². The molecule has 0 radical (unpaired) electrons. The van der Waals surface area contributed by atoms with Gasteiger partial charge in [0.1, 0.15) is 5.82 Å². The maximum absolute atomic E-state index is 13.4. The third-order valence-electron chi connectivity index (χ3n) is 3.38. The molecule has 0 saturated carbocycles. The van der Waals surface area contributed by atoms with E-state index in [4.69, 9.17) is 11.6 Å². The Morgan fingerprint density at radius 2 is 2.41 bits per heavy atom. The molecule has 0 amide bonds. The summed E-state index contributed by atoms with van der Waals surface area (Å²) >= 11 is 7.99. The third kappa shape index (κ3) is 3.15. The summed E-state index contributed by atoms with van der Waals surface area (Å²) in [4.78, 5) is 0. The minimum atomic E-state index is -0.320. The Hall–Kier alpha value is -0.250. The Kier molecular flexibility index (Phi) is 4.71. The second-order valence-corrected chi connectivity index (χ2v) is 5.96. The molecule has 1 saturated heterocycles. The Balaban J connectivity index is 2.09. The van der Waals surface area contributed by atoms with Gasteiger partial charge >= 0.3 is 0 Å². The van der Waals surface area contributed by atoms with Crippen LogP contribution in [0.3, 0.4) is 0 Å². The first-order valence-corrected chi connectivity index (χ1v) is 7.43. The number of halogens is 2. The summed E-state index contributed by atoms with van der Waals surface area (Å²) in [5, 5.41) is 3.62. The van der Waals surface area contributed by atoms with E-state index in [-0.39, 0.29) is 10.8 Å². The average molecular weight is 274 g/mol. The zero-order valence-corrected chi connectivity index (χ0v) is 11.5.